The Labute approximate surface area is 90.6 Å². The lowest BCUT2D eigenvalue weighted by Gasteiger charge is -2.05. The van der Waals surface area contributed by atoms with Crippen molar-refractivity contribution in [3.05, 3.63) is 66.8 Å². The average molecular weight is 194 g/mol. The lowest BCUT2D eigenvalue weighted by molar-refractivity contribution is 1.62. The summed E-state index contributed by atoms with van der Waals surface area (Å²) in [5, 5.41) is 2.59. The quantitative estimate of drug-likeness (QED) is 0.620. The third-order valence-electron chi connectivity index (χ3n) is 2.58. The highest BCUT2D eigenvalue weighted by Crippen LogP contribution is 2.24. The minimum Gasteiger partial charge on any atom is -0.0991 e. The Balaban J connectivity index is 2.71. The zero-order valence-electron chi connectivity index (χ0n) is 8.90. The lowest BCUT2D eigenvalue weighted by atomic mass is 9.99. The molecule has 0 heteroatoms. The Morgan fingerprint density at radius 1 is 1.07 bits per heavy atom. The van der Waals surface area contributed by atoms with Gasteiger partial charge in [0.05, 0.1) is 0 Å². The topological polar surface area (TPSA) is 0 Å². The lowest BCUT2D eigenvalue weighted by Crippen LogP contribution is -1.82. The van der Waals surface area contributed by atoms with Crippen LogP contribution in [0.4, 0.5) is 0 Å². The predicted molar refractivity (Wildman–Crippen MR) is 67.8 cm³/mol. The highest BCUT2D eigenvalue weighted by Gasteiger charge is 2.00. The van der Waals surface area contributed by atoms with E-state index in [-0.39, 0.29) is 0 Å². The van der Waals surface area contributed by atoms with Crippen LogP contribution in [0.5, 0.6) is 0 Å². The van der Waals surface area contributed by atoms with Crippen LogP contribution in [0.3, 0.4) is 0 Å². The molecule has 0 atom stereocenters. The third-order valence-corrected chi connectivity index (χ3v) is 2.58. The summed E-state index contributed by atoms with van der Waals surface area (Å²) in [7, 11) is 0. The molecular weight excluding hydrogens is 180 g/mol. The summed E-state index contributed by atoms with van der Waals surface area (Å²) in [6.45, 7) is 5.84. The van der Waals surface area contributed by atoms with Crippen molar-refractivity contribution in [1.82, 2.24) is 0 Å². The maximum atomic E-state index is 3.73. The van der Waals surface area contributed by atoms with Crippen molar-refractivity contribution in [2.75, 3.05) is 0 Å². The fraction of sp³-hybridized carbons (Fsp3) is 0.0667. The van der Waals surface area contributed by atoms with E-state index in [0.29, 0.717) is 0 Å². The Bertz CT molecular complexity index is 513. The van der Waals surface area contributed by atoms with Gasteiger partial charge in [0.2, 0.25) is 0 Å². The van der Waals surface area contributed by atoms with Crippen molar-refractivity contribution in [3.63, 3.8) is 0 Å². The molecule has 0 unspecified atom stereocenters. The van der Waals surface area contributed by atoms with Gasteiger partial charge in [-0.25, -0.2) is 0 Å². The molecule has 0 aliphatic carbocycles. The minimum atomic E-state index is 1.25. The molecule has 0 heterocycles. The number of hydrogen-bond acceptors (Lipinski definition) is 0. The molecule has 2 aromatic carbocycles. The van der Waals surface area contributed by atoms with Crippen molar-refractivity contribution in [3.8, 4) is 0 Å². The molecule has 0 saturated heterocycles. The monoisotopic (exact) mass is 194 g/mol. The maximum Gasteiger partial charge on any atom is -0.0109 e. The van der Waals surface area contributed by atoms with Crippen LogP contribution in [0.15, 0.2) is 61.2 Å². The van der Waals surface area contributed by atoms with Crippen molar-refractivity contribution in [2.45, 2.75) is 6.92 Å². The van der Waals surface area contributed by atoms with Crippen LogP contribution in [-0.2, 0) is 0 Å². The zero-order valence-corrected chi connectivity index (χ0v) is 8.90. The molecule has 0 fully saturated rings. The van der Waals surface area contributed by atoms with Gasteiger partial charge in [-0.15, -0.1) is 0 Å². The molecular formula is C15H14. The third kappa shape index (κ3) is 1.84. The van der Waals surface area contributed by atoms with Gasteiger partial charge in [0.25, 0.3) is 0 Å². The maximum absolute atomic E-state index is 3.73. The van der Waals surface area contributed by atoms with Gasteiger partial charge in [0.1, 0.15) is 0 Å². The first kappa shape index (κ1) is 9.72. The molecule has 0 saturated carbocycles. The van der Waals surface area contributed by atoms with Crippen molar-refractivity contribution < 1.29 is 0 Å². The first-order valence-electron chi connectivity index (χ1n) is 5.10. The molecule has 2 aromatic rings. The second-order valence-electron chi connectivity index (χ2n) is 3.61. The molecule has 0 nitrogen and oxygen atoms in total. The van der Waals surface area contributed by atoms with Crippen LogP contribution in [0.2, 0.25) is 0 Å². The first-order valence-corrected chi connectivity index (χ1v) is 5.10. The van der Waals surface area contributed by atoms with Crippen LogP contribution in [0.25, 0.3) is 16.3 Å². The summed E-state index contributed by atoms with van der Waals surface area (Å²) in [6, 6.07) is 14.8. The van der Waals surface area contributed by atoms with E-state index in [0.717, 1.165) is 0 Å². The fourth-order valence-corrected chi connectivity index (χ4v) is 1.84. The predicted octanol–water partition coefficient (Wildman–Crippen LogP) is 4.43. The van der Waals surface area contributed by atoms with Gasteiger partial charge in [-0.05, 0) is 28.8 Å². The van der Waals surface area contributed by atoms with Crippen LogP contribution >= 0.6 is 0 Å². The van der Waals surface area contributed by atoms with Gasteiger partial charge < -0.3 is 0 Å². The second-order valence-corrected chi connectivity index (χ2v) is 3.61. The summed E-state index contributed by atoms with van der Waals surface area (Å²) in [5.74, 6) is 0. The average Bonchev–Trinajstić information content (AvgIpc) is 2.28. The molecule has 2 rings (SSSR count). The molecule has 0 N–H and O–H groups in total. The standard InChI is InChI=1S/C15H14/c1-3-7-12(2)14-11-6-9-13-8-4-5-10-15(13)14/h3-11H,1H2,2H3/b12-7+. The molecule has 0 spiro atoms. The molecule has 0 amide bonds. The molecule has 0 radical (unpaired) electrons. The number of hydrogen-bond donors (Lipinski definition) is 0. The Morgan fingerprint density at radius 2 is 1.80 bits per heavy atom. The van der Waals surface area contributed by atoms with E-state index in [2.05, 4.69) is 56.0 Å². The van der Waals surface area contributed by atoms with Crippen molar-refractivity contribution >= 4 is 16.3 Å². The van der Waals surface area contributed by atoms with E-state index in [4.69, 9.17) is 0 Å². The highest BCUT2D eigenvalue weighted by molar-refractivity contribution is 5.93. The molecule has 0 aliphatic heterocycles. The van der Waals surface area contributed by atoms with Gasteiger partial charge in [0.15, 0.2) is 0 Å². The van der Waals surface area contributed by atoms with Gasteiger partial charge in [-0.1, -0.05) is 61.2 Å². The van der Waals surface area contributed by atoms with E-state index < -0.39 is 0 Å². The van der Waals surface area contributed by atoms with Gasteiger partial charge >= 0.3 is 0 Å². The van der Waals surface area contributed by atoms with Gasteiger partial charge in [-0.3, -0.25) is 0 Å². The fourth-order valence-electron chi connectivity index (χ4n) is 1.84. The first-order chi connectivity index (χ1) is 7.33. The largest absolute Gasteiger partial charge is 0.0991 e. The molecule has 15 heavy (non-hydrogen) atoms. The summed E-state index contributed by atoms with van der Waals surface area (Å²) in [5.41, 5.74) is 2.54. The Morgan fingerprint density at radius 3 is 2.60 bits per heavy atom. The molecule has 0 aliphatic rings. The number of allylic oxidation sites excluding steroid dienone is 3. The number of benzene rings is 2. The number of rotatable bonds is 2. The Kier molecular flexibility index (Phi) is 2.68. The van der Waals surface area contributed by atoms with Gasteiger partial charge in [-0.2, -0.15) is 0 Å². The molecule has 0 aromatic heterocycles. The minimum absolute atomic E-state index is 1.25. The van der Waals surface area contributed by atoms with Crippen molar-refractivity contribution in [2.24, 2.45) is 0 Å². The van der Waals surface area contributed by atoms with Crippen molar-refractivity contribution in [1.29, 1.82) is 0 Å². The second kappa shape index (κ2) is 4.14. The summed E-state index contributed by atoms with van der Waals surface area (Å²) in [6.07, 6.45) is 3.87. The highest BCUT2D eigenvalue weighted by atomic mass is 14.0. The van der Waals surface area contributed by atoms with Crippen LogP contribution in [-0.4, -0.2) is 0 Å². The summed E-state index contributed by atoms with van der Waals surface area (Å²) < 4.78 is 0. The van der Waals surface area contributed by atoms with Crippen LogP contribution < -0.4 is 0 Å². The van der Waals surface area contributed by atoms with E-state index in [9.17, 15) is 0 Å². The molecule has 74 valence electrons. The van der Waals surface area contributed by atoms with Gasteiger partial charge in [0, 0.05) is 0 Å². The number of fused-ring (bicyclic) bond motifs is 1. The van der Waals surface area contributed by atoms with E-state index >= 15 is 0 Å². The summed E-state index contributed by atoms with van der Waals surface area (Å²) >= 11 is 0. The smallest absolute Gasteiger partial charge is 0.0109 e. The summed E-state index contributed by atoms with van der Waals surface area (Å²) in [4.78, 5) is 0. The zero-order chi connectivity index (χ0) is 10.7. The van der Waals surface area contributed by atoms with Crippen LogP contribution in [0.1, 0.15) is 12.5 Å². The Hall–Kier alpha value is -1.82. The normalized spacial score (nSPS) is 11.7. The van der Waals surface area contributed by atoms with Crippen LogP contribution in [0, 0.1) is 0 Å². The molecule has 0 bridgehead atoms. The van der Waals surface area contributed by atoms with E-state index in [1.54, 1.807) is 0 Å². The van der Waals surface area contributed by atoms with E-state index in [1.165, 1.54) is 21.9 Å². The SMILES string of the molecule is C=C/C=C(\C)c1cccc2ccccc12. The van der Waals surface area contributed by atoms with E-state index in [1.807, 2.05) is 12.2 Å².